The first-order chi connectivity index (χ1) is 15.8. The van der Waals surface area contributed by atoms with E-state index in [2.05, 4.69) is 19.2 Å². The Balaban J connectivity index is 1.61. The maximum absolute atomic E-state index is 13.3. The molecule has 2 aliphatic heterocycles. The Kier molecular flexibility index (Phi) is 6.91. The molecule has 4 rings (SSSR count). The average Bonchev–Trinajstić information content (AvgIpc) is 3.10. The number of aryl methyl sites for hydroxylation is 1. The molecule has 33 heavy (non-hydrogen) atoms. The summed E-state index contributed by atoms with van der Waals surface area (Å²) in [4.78, 5) is 37.5. The minimum absolute atomic E-state index is 0.0833. The summed E-state index contributed by atoms with van der Waals surface area (Å²) in [7, 11) is 0. The second-order valence-corrected chi connectivity index (χ2v) is 10.2. The first-order valence-corrected chi connectivity index (χ1v) is 12.4. The quantitative estimate of drug-likeness (QED) is 0.565. The lowest BCUT2D eigenvalue weighted by Gasteiger charge is -2.27. The molecule has 6 nitrogen and oxygen atoms in total. The number of carbonyl (C=O) groups excluding carboxylic acids is 2. The van der Waals surface area contributed by atoms with Crippen LogP contribution in [0.3, 0.4) is 0 Å². The molecular formula is C25H27ClN4O2S. The van der Waals surface area contributed by atoms with Gasteiger partial charge in [-0.15, -0.1) is 0 Å². The van der Waals surface area contributed by atoms with E-state index >= 15 is 0 Å². The van der Waals surface area contributed by atoms with E-state index in [0.717, 1.165) is 16.8 Å². The topological polar surface area (TPSA) is 74.1 Å². The third kappa shape index (κ3) is 4.84. The molecule has 8 heteroatoms. The number of carbonyl (C=O) groups is 2. The van der Waals surface area contributed by atoms with Crippen molar-refractivity contribution in [3.05, 3.63) is 58.6 Å². The van der Waals surface area contributed by atoms with Crippen LogP contribution < -0.4 is 5.32 Å². The number of halogens is 1. The van der Waals surface area contributed by atoms with Gasteiger partial charge in [-0.3, -0.25) is 14.6 Å². The molecule has 0 saturated carbocycles. The van der Waals surface area contributed by atoms with E-state index in [0.29, 0.717) is 40.5 Å². The summed E-state index contributed by atoms with van der Waals surface area (Å²) in [6, 6.07) is 12.7. The summed E-state index contributed by atoms with van der Waals surface area (Å²) in [5, 5.41) is 3.60. The van der Waals surface area contributed by atoms with Gasteiger partial charge in [0.25, 0.3) is 5.91 Å². The normalized spacial score (nSPS) is 17.9. The molecule has 0 unspecified atom stereocenters. The van der Waals surface area contributed by atoms with Gasteiger partial charge < -0.3 is 5.32 Å². The third-order valence-corrected chi connectivity index (χ3v) is 7.32. The number of rotatable bonds is 6. The van der Waals surface area contributed by atoms with Crippen LogP contribution in [0.1, 0.15) is 44.7 Å². The van der Waals surface area contributed by atoms with Crippen LogP contribution in [0.4, 0.5) is 11.4 Å². The van der Waals surface area contributed by atoms with Gasteiger partial charge in [0.05, 0.1) is 10.9 Å². The largest absolute Gasteiger partial charge is 0.325 e. The molecule has 172 valence electrons. The highest BCUT2D eigenvalue weighted by Gasteiger charge is 2.42. The monoisotopic (exact) mass is 482 g/mol. The van der Waals surface area contributed by atoms with Crippen LogP contribution in [0.5, 0.6) is 0 Å². The summed E-state index contributed by atoms with van der Waals surface area (Å²) in [5.74, 6) is 0.718. The van der Waals surface area contributed by atoms with Gasteiger partial charge in [-0.1, -0.05) is 62.3 Å². The lowest BCUT2D eigenvalue weighted by Crippen LogP contribution is -2.42. The fraction of sp³-hybridized carbons (Fsp3) is 0.360. The Morgan fingerprint density at radius 2 is 2.00 bits per heavy atom. The standard InChI is InChI=1S/C25H27ClN4O2S/c1-5-21(23(31)27-16-11-10-15(4)18(26)13-16)33-25-29-19-9-7-6-8-17(19)22-28-20(12-14(2)3)24(32)30(22)25/h6-11,13-14,20-21H,5,12H2,1-4H3,(H,27,31)/t20-,21-/m1/s1. The number of hydrogen-bond acceptors (Lipinski definition) is 5. The van der Waals surface area contributed by atoms with Crippen LogP contribution in [-0.2, 0) is 9.59 Å². The van der Waals surface area contributed by atoms with Crippen molar-refractivity contribution in [2.24, 2.45) is 15.9 Å². The second-order valence-electron chi connectivity index (χ2n) is 8.65. The van der Waals surface area contributed by atoms with Crippen molar-refractivity contribution in [1.29, 1.82) is 0 Å². The van der Waals surface area contributed by atoms with Crippen LogP contribution >= 0.6 is 23.4 Å². The Morgan fingerprint density at radius 3 is 2.70 bits per heavy atom. The fourth-order valence-corrected chi connectivity index (χ4v) is 5.02. The summed E-state index contributed by atoms with van der Waals surface area (Å²) in [6.07, 6.45) is 1.24. The molecule has 0 saturated heterocycles. The highest BCUT2D eigenvalue weighted by molar-refractivity contribution is 8.15. The number of hydrogen-bond donors (Lipinski definition) is 1. The van der Waals surface area contributed by atoms with Gasteiger partial charge in [-0.05, 0) is 55.5 Å². The number of aliphatic imine (C=N–C) groups is 2. The van der Waals surface area contributed by atoms with E-state index in [1.807, 2.05) is 50.2 Å². The lowest BCUT2D eigenvalue weighted by molar-refractivity contribution is -0.125. The van der Waals surface area contributed by atoms with E-state index in [9.17, 15) is 9.59 Å². The number of nitrogens with one attached hydrogen (secondary N) is 1. The van der Waals surface area contributed by atoms with Crippen molar-refractivity contribution in [3.63, 3.8) is 0 Å². The second kappa shape index (κ2) is 9.69. The molecule has 0 spiro atoms. The predicted octanol–water partition coefficient (Wildman–Crippen LogP) is 5.80. The maximum atomic E-state index is 13.3. The van der Waals surface area contributed by atoms with Crippen molar-refractivity contribution in [1.82, 2.24) is 4.90 Å². The Morgan fingerprint density at radius 1 is 1.24 bits per heavy atom. The van der Waals surface area contributed by atoms with Crippen molar-refractivity contribution in [3.8, 4) is 0 Å². The van der Waals surface area contributed by atoms with E-state index in [1.165, 1.54) is 11.8 Å². The fourth-order valence-electron chi connectivity index (χ4n) is 3.82. The molecule has 2 heterocycles. The van der Waals surface area contributed by atoms with Gasteiger partial charge in [-0.25, -0.2) is 9.89 Å². The van der Waals surface area contributed by atoms with Gasteiger partial charge in [-0.2, -0.15) is 0 Å². The summed E-state index contributed by atoms with van der Waals surface area (Å²) in [5.41, 5.74) is 3.19. The third-order valence-electron chi connectivity index (χ3n) is 5.59. The minimum Gasteiger partial charge on any atom is -0.325 e. The van der Waals surface area contributed by atoms with Crippen molar-refractivity contribution in [2.75, 3.05) is 5.32 Å². The van der Waals surface area contributed by atoms with Crippen molar-refractivity contribution in [2.45, 2.75) is 51.8 Å². The molecule has 2 atom stereocenters. The minimum atomic E-state index is -0.438. The number of nitrogens with zero attached hydrogens (tertiary/aromatic N) is 3. The molecule has 2 aromatic rings. The zero-order chi connectivity index (χ0) is 23.7. The van der Waals surface area contributed by atoms with E-state index in [-0.39, 0.29) is 11.8 Å². The number of benzene rings is 2. The Labute approximate surface area is 203 Å². The maximum Gasteiger partial charge on any atom is 0.259 e. The summed E-state index contributed by atoms with van der Waals surface area (Å²) >= 11 is 7.50. The van der Waals surface area contributed by atoms with Crippen LogP contribution in [-0.4, -0.2) is 39.0 Å². The number of para-hydroxylation sites is 1. The average molecular weight is 483 g/mol. The first kappa shape index (κ1) is 23.5. The van der Waals surface area contributed by atoms with Crippen molar-refractivity contribution < 1.29 is 9.59 Å². The molecule has 0 radical (unpaired) electrons. The Bertz CT molecular complexity index is 1160. The van der Waals surface area contributed by atoms with E-state index in [1.54, 1.807) is 11.0 Å². The molecule has 0 aliphatic carbocycles. The predicted molar refractivity (Wildman–Crippen MR) is 137 cm³/mol. The molecule has 0 fully saturated rings. The van der Waals surface area contributed by atoms with Crippen molar-refractivity contribution >= 4 is 57.6 Å². The number of anilines is 1. The van der Waals surface area contributed by atoms with Crippen LogP contribution in [0, 0.1) is 12.8 Å². The molecular weight excluding hydrogens is 456 g/mol. The van der Waals surface area contributed by atoms with E-state index in [4.69, 9.17) is 21.6 Å². The van der Waals surface area contributed by atoms with Gasteiger partial charge in [0, 0.05) is 16.3 Å². The summed E-state index contributed by atoms with van der Waals surface area (Å²) in [6.45, 7) is 8.02. The molecule has 2 amide bonds. The first-order valence-electron chi connectivity index (χ1n) is 11.1. The van der Waals surface area contributed by atoms with Crippen LogP contribution in [0.25, 0.3) is 0 Å². The molecule has 0 bridgehead atoms. The van der Waals surface area contributed by atoms with Crippen LogP contribution in [0.15, 0.2) is 52.4 Å². The molecule has 2 aromatic carbocycles. The highest BCUT2D eigenvalue weighted by Crippen LogP contribution is 2.36. The zero-order valence-corrected chi connectivity index (χ0v) is 20.7. The van der Waals surface area contributed by atoms with E-state index < -0.39 is 11.3 Å². The van der Waals surface area contributed by atoms with Gasteiger partial charge in [0.15, 0.2) is 5.17 Å². The lowest BCUT2D eigenvalue weighted by atomic mass is 10.0. The zero-order valence-electron chi connectivity index (χ0n) is 19.1. The number of thioether (sulfide) groups is 1. The number of amidine groups is 2. The summed E-state index contributed by atoms with van der Waals surface area (Å²) < 4.78 is 0. The molecule has 0 aromatic heterocycles. The smallest absolute Gasteiger partial charge is 0.259 e. The Hall–Kier alpha value is -2.64. The molecule has 1 N–H and O–H groups in total. The van der Waals surface area contributed by atoms with Crippen LogP contribution in [0.2, 0.25) is 5.02 Å². The number of amides is 2. The van der Waals surface area contributed by atoms with Gasteiger partial charge in [0.2, 0.25) is 5.91 Å². The van der Waals surface area contributed by atoms with Gasteiger partial charge >= 0.3 is 0 Å². The SMILES string of the molecule is CC[C@@H](SC1=Nc2ccccc2C2=N[C@H](CC(C)C)C(=O)N12)C(=O)Nc1ccc(C)c(Cl)c1. The molecule has 2 aliphatic rings. The highest BCUT2D eigenvalue weighted by atomic mass is 35.5. The number of fused-ring (bicyclic) bond motifs is 3. The van der Waals surface area contributed by atoms with Gasteiger partial charge in [0.1, 0.15) is 11.9 Å².